The Labute approximate surface area is 140 Å². The molecule has 1 amide bonds. The maximum absolute atomic E-state index is 13.0. The number of nitrogens with zero attached hydrogens (tertiary/aromatic N) is 1. The summed E-state index contributed by atoms with van der Waals surface area (Å²) >= 11 is 0. The van der Waals surface area contributed by atoms with Gasteiger partial charge in [0.2, 0.25) is 0 Å². The molecule has 5 nitrogen and oxygen atoms in total. The highest BCUT2D eigenvalue weighted by Crippen LogP contribution is 2.30. The van der Waals surface area contributed by atoms with Gasteiger partial charge in [0.05, 0.1) is 5.69 Å². The molecule has 122 valence electrons. The number of anilines is 1. The molecule has 3 rings (SSSR count). The van der Waals surface area contributed by atoms with Crippen LogP contribution in [0.25, 0.3) is 5.57 Å². The number of carbonyl (C=O) groups excluding carboxylic acids is 2. The van der Waals surface area contributed by atoms with Crippen LogP contribution in [0.5, 0.6) is 5.75 Å². The van der Waals surface area contributed by atoms with E-state index in [1.165, 1.54) is 0 Å². The first-order valence-corrected chi connectivity index (χ1v) is 7.59. The lowest BCUT2D eigenvalue weighted by atomic mass is 9.97. The molecule has 0 aliphatic carbocycles. The Hall–Kier alpha value is -3.08. The number of carbonyl (C=O) groups is 2. The highest BCUT2D eigenvalue weighted by molar-refractivity contribution is 6.29. The van der Waals surface area contributed by atoms with E-state index in [1.807, 2.05) is 49.3 Å². The number of nitrogens with one attached hydrogen (secondary N) is 1. The molecule has 0 aromatic heterocycles. The summed E-state index contributed by atoms with van der Waals surface area (Å²) in [4.78, 5) is 26.3. The summed E-state index contributed by atoms with van der Waals surface area (Å²) in [6.45, 7) is -0.00388. The number of ether oxygens (including phenoxy) is 1. The Morgan fingerprint density at radius 1 is 1.12 bits per heavy atom. The zero-order valence-corrected chi connectivity index (χ0v) is 13.6. The zero-order chi connectivity index (χ0) is 17.1. The van der Waals surface area contributed by atoms with Gasteiger partial charge in [-0.05, 0) is 23.8 Å². The van der Waals surface area contributed by atoms with E-state index >= 15 is 0 Å². The number of amides is 1. The van der Waals surface area contributed by atoms with Crippen LogP contribution in [0, 0.1) is 0 Å². The molecular weight excluding hydrogens is 304 g/mol. The molecule has 0 bridgehead atoms. The summed E-state index contributed by atoms with van der Waals surface area (Å²) in [6.07, 6.45) is 1.80. The van der Waals surface area contributed by atoms with E-state index in [2.05, 4.69) is 5.32 Å². The van der Waals surface area contributed by atoms with Crippen molar-refractivity contribution < 1.29 is 14.3 Å². The number of benzene rings is 2. The minimum atomic E-state index is -0.223. The van der Waals surface area contributed by atoms with E-state index in [9.17, 15) is 9.59 Å². The standard InChI is InChI=1S/C19H18N2O3/c1-21(2)11-15(13-6-4-3-5-7-13)19(23)14-8-9-17-16(10-14)20-18(22)12-24-17/h3-11H,12H2,1-2H3,(H,20,22)/b15-11-. The first kappa shape index (κ1) is 15.8. The Balaban J connectivity index is 1.99. The van der Waals surface area contributed by atoms with Gasteiger partial charge in [0, 0.05) is 31.4 Å². The summed E-state index contributed by atoms with van der Waals surface area (Å²) in [7, 11) is 3.74. The molecule has 0 saturated carbocycles. The van der Waals surface area contributed by atoms with Gasteiger partial charge in [0.15, 0.2) is 12.4 Å². The van der Waals surface area contributed by atoms with E-state index < -0.39 is 0 Å². The molecule has 1 aliphatic rings. The maximum Gasteiger partial charge on any atom is 0.262 e. The largest absolute Gasteiger partial charge is 0.482 e. The second-order valence-corrected chi connectivity index (χ2v) is 5.75. The van der Waals surface area contributed by atoms with Crippen LogP contribution in [-0.2, 0) is 4.79 Å². The highest BCUT2D eigenvalue weighted by atomic mass is 16.5. The van der Waals surface area contributed by atoms with Gasteiger partial charge in [-0.3, -0.25) is 9.59 Å². The van der Waals surface area contributed by atoms with Gasteiger partial charge < -0.3 is 15.0 Å². The van der Waals surface area contributed by atoms with Gasteiger partial charge in [0.1, 0.15) is 5.75 Å². The summed E-state index contributed by atoms with van der Waals surface area (Å²) in [5, 5.41) is 2.73. The fourth-order valence-electron chi connectivity index (χ4n) is 2.52. The number of allylic oxidation sites excluding steroid dienone is 1. The third kappa shape index (κ3) is 3.30. The quantitative estimate of drug-likeness (QED) is 0.695. The molecule has 2 aromatic carbocycles. The van der Waals surface area contributed by atoms with E-state index in [1.54, 1.807) is 24.4 Å². The van der Waals surface area contributed by atoms with Crippen LogP contribution in [0.2, 0.25) is 0 Å². The van der Waals surface area contributed by atoms with Crippen molar-refractivity contribution in [3.05, 3.63) is 65.9 Å². The van der Waals surface area contributed by atoms with Gasteiger partial charge in [0.25, 0.3) is 5.91 Å². The van der Waals surface area contributed by atoms with Crippen molar-refractivity contribution in [3.63, 3.8) is 0 Å². The van der Waals surface area contributed by atoms with Crippen molar-refractivity contribution in [2.45, 2.75) is 0 Å². The molecule has 1 N–H and O–H groups in total. The monoisotopic (exact) mass is 322 g/mol. The average Bonchev–Trinajstić information content (AvgIpc) is 2.59. The van der Waals surface area contributed by atoms with Crippen LogP contribution in [0.1, 0.15) is 15.9 Å². The number of fused-ring (bicyclic) bond motifs is 1. The van der Waals surface area contributed by atoms with Crippen molar-refractivity contribution in [3.8, 4) is 5.75 Å². The normalized spacial score (nSPS) is 13.6. The van der Waals surface area contributed by atoms with Gasteiger partial charge in [-0.1, -0.05) is 30.3 Å². The lowest BCUT2D eigenvalue weighted by molar-refractivity contribution is -0.118. The van der Waals surface area contributed by atoms with Crippen molar-refractivity contribution in [2.24, 2.45) is 0 Å². The third-order valence-corrected chi connectivity index (χ3v) is 3.59. The molecule has 1 heterocycles. The number of rotatable bonds is 4. The fraction of sp³-hybridized carbons (Fsp3) is 0.158. The van der Waals surface area contributed by atoms with E-state index in [-0.39, 0.29) is 18.3 Å². The van der Waals surface area contributed by atoms with Crippen LogP contribution >= 0.6 is 0 Å². The molecule has 0 unspecified atom stereocenters. The molecule has 5 heteroatoms. The smallest absolute Gasteiger partial charge is 0.262 e. The molecule has 0 atom stereocenters. The molecule has 0 radical (unpaired) electrons. The molecular formula is C19H18N2O3. The Kier molecular flexibility index (Phi) is 4.33. The van der Waals surface area contributed by atoms with Crippen molar-refractivity contribution in [2.75, 3.05) is 26.0 Å². The summed E-state index contributed by atoms with van der Waals surface area (Å²) in [5.74, 6) is 0.237. The third-order valence-electron chi connectivity index (χ3n) is 3.59. The Morgan fingerprint density at radius 3 is 2.58 bits per heavy atom. The van der Waals surface area contributed by atoms with Crippen molar-refractivity contribution >= 4 is 23.0 Å². The second kappa shape index (κ2) is 6.58. The van der Waals surface area contributed by atoms with Crippen LogP contribution in [0.3, 0.4) is 0 Å². The van der Waals surface area contributed by atoms with Gasteiger partial charge in [-0.2, -0.15) is 0 Å². The summed E-state index contributed by atoms with van der Waals surface area (Å²) in [6, 6.07) is 14.6. The zero-order valence-electron chi connectivity index (χ0n) is 13.6. The summed E-state index contributed by atoms with van der Waals surface area (Å²) in [5.41, 5.74) is 2.45. The lowest BCUT2D eigenvalue weighted by Gasteiger charge is -2.19. The topological polar surface area (TPSA) is 58.6 Å². The highest BCUT2D eigenvalue weighted by Gasteiger charge is 2.20. The first-order chi connectivity index (χ1) is 11.5. The molecule has 2 aromatic rings. The Morgan fingerprint density at radius 2 is 1.88 bits per heavy atom. The lowest BCUT2D eigenvalue weighted by Crippen LogP contribution is -2.25. The predicted octanol–water partition coefficient (Wildman–Crippen LogP) is 2.80. The average molecular weight is 322 g/mol. The molecule has 0 spiro atoms. The first-order valence-electron chi connectivity index (χ1n) is 7.59. The van der Waals surface area contributed by atoms with E-state index in [0.29, 0.717) is 22.6 Å². The van der Waals surface area contributed by atoms with E-state index in [0.717, 1.165) is 5.56 Å². The molecule has 0 fully saturated rings. The maximum atomic E-state index is 13.0. The van der Waals surface area contributed by atoms with Crippen LogP contribution in [0.4, 0.5) is 5.69 Å². The number of hydrogen-bond donors (Lipinski definition) is 1. The number of ketones is 1. The number of Topliss-reactive ketones (excluding diaryl/α,β-unsaturated/α-hetero) is 1. The Bertz CT molecular complexity index is 811. The molecule has 24 heavy (non-hydrogen) atoms. The second-order valence-electron chi connectivity index (χ2n) is 5.75. The van der Waals surface area contributed by atoms with Gasteiger partial charge in [-0.25, -0.2) is 0 Å². The number of hydrogen-bond acceptors (Lipinski definition) is 4. The van der Waals surface area contributed by atoms with Crippen LogP contribution in [-0.4, -0.2) is 37.3 Å². The summed E-state index contributed by atoms with van der Waals surface area (Å²) < 4.78 is 5.33. The minimum absolute atomic E-state index is 0.00388. The van der Waals surface area contributed by atoms with Crippen LogP contribution in [0.15, 0.2) is 54.7 Å². The van der Waals surface area contributed by atoms with Crippen molar-refractivity contribution in [1.82, 2.24) is 4.90 Å². The minimum Gasteiger partial charge on any atom is -0.482 e. The SMILES string of the molecule is CN(C)/C=C(\C(=O)c1ccc2c(c1)NC(=O)CO2)c1ccccc1. The molecule has 1 aliphatic heterocycles. The van der Waals surface area contributed by atoms with Gasteiger partial charge >= 0.3 is 0 Å². The predicted molar refractivity (Wildman–Crippen MR) is 93.0 cm³/mol. The van der Waals surface area contributed by atoms with E-state index in [4.69, 9.17) is 4.74 Å². The van der Waals surface area contributed by atoms with Gasteiger partial charge in [-0.15, -0.1) is 0 Å². The fourth-order valence-corrected chi connectivity index (χ4v) is 2.52. The molecule has 0 saturated heterocycles. The van der Waals surface area contributed by atoms with Crippen molar-refractivity contribution in [1.29, 1.82) is 0 Å². The van der Waals surface area contributed by atoms with Crippen LogP contribution < -0.4 is 10.1 Å².